The van der Waals surface area contributed by atoms with Crippen molar-refractivity contribution in [3.05, 3.63) is 0 Å². The number of ketones is 1. The van der Waals surface area contributed by atoms with E-state index in [0.717, 1.165) is 25.7 Å². The molecular formula is C10H14O3. The van der Waals surface area contributed by atoms with Gasteiger partial charge in [0.1, 0.15) is 13.0 Å². The third-order valence-electron chi connectivity index (χ3n) is 3.22. The van der Waals surface area contributed by atoms with Gasteiger partial charge in [-0.3, -0.25) is 9.59 Å². The zero-order chi connectivity index (χ0) is 9.31. The Morgan fingerprint density at radius 2 is 1.77 bits per heavy atom. The monoisotopic (exact) mass is 182 g/mol. The van der Waals surface area contributed by atoms with Crippen LogP contribution in [0.1, 0.15) is 38.5 Å². The molecule has 13 heavy (non-hydrogen) atoms. The molecule has 72 valence electrons. The van der Waals surface area contributed by atoms with Crippen LogP contribution in [0.2, 0.25) is 0 Å². The van der Waals surface area contributed by atoms with Gasteiger partial charge < -0.3 is 4.74 Å². The molecule has 1 heterocycles. The van der Waals surface area contributed by atoms with Crippen LogP contribution in [-0.4, -0.2) is 18.4 Å². The van der Waals surface area contributed by atoms with E-state index in [1.54, 1.807) is 0 Å². The number of Topliss-reactive ketones (excluding diaryl/α,β-unsaturated/α-hetero) is 1. The van der Waals surface area contributed by atoms with Gasteiger partial charge in [-0.15, -0.1) is 0 Å². The molecule has 0 N–H and O–H groups in total. The Morgan fingerprint density at radius 1 is 1.08 bits per heavy atom. The third-order valence-corrected chi connectivity index (χ3v) is 3.22. The van der Waals surface area contributed by atoms with Crippen LogP contribution in [0.5, 0.6) is 0 Å². The second-order valence-corrected chi connectivity index (χ2v) is 4.10. The molecule has 1 aliphatic heterocycles. The molecule has 0 aromatic carbocycles. The van der Waals surface area contributed by atoms with Crippen LogP contribution in [0.25, 0.3) is 0 Å². The first-order valence-corrected chi connectivity index (χ1v) is 4.92. The summed E-state index contributed by atoms with van der Waals surface area (Å²) >= 11 is 0. The van der Waals surface area contributed by atoms with Crippen molar-refractivity contribution in [1.82, 2.24) is 0 Å². The van der Waals surface area contributed by atoms with Crippen LogP contribution in [0.3, 0.4) is 0 Å². The van der Waals surface area contributed by atoms with Gasteiger partial charge in [0, 0.05) is 0 Å². The lowest BCUT2D eigenvalue weighted by atomic mass is 9.70. The van der Waals surface area contributed by atoms with Crippen molar-refractivity contribution in [2.45, 2.75) is 38.5 Å². The van der Waals surface area contributed by atoms with Crippen LogP contribution in [-0.2, 0) is 14.3 Å². The van der Waals surface area contributed by atoms with E-state index < -0.39 is 0 Å². The van der Waals surface area contributed by atoms with Crippen LogP contribution >= 0.6 is 0 Å². The number of cyclic esters (lactones) is 1. The zero-order valence-electron chi connectivity index (χ0n) is 7.67. The lowest BCUT2D eigenvalue weighted by Crippen LogP contribution is -2.43. The van der Waals surface area contributed by atoms with Gasteiger partial charge in [0.05, 0.1) is 5.41 Å². The van der Waals surface area contributed by atoms with E-state index in [2.05, 4.69) is 0 Å². The maximum atomic E-state index is 11.7. The number of carbonyl (C=O) groups excluding carboxylic acids is 2. The normalized spacial score (nSPS) is 27.4. The van der Waals surface area contributed by atoms with Crippen molar-refractivity contribution >= 4 is 11.8 Å². The lowest BCUT2D eigenvalue weighted by Gasteiger charge is -2.37. The summed E-state index contributed by atoms with van der Waals surface area (Å²) in [6.07, 6.45) is 5.24. The first-order chi connectivity index (χ1) is 6.23. The Hall–Kier alpha value is -0.860. The molecule has 0 radical (unpaired) electrons. The molecule has 0 aromatic heterocycles. The van der Waals surface area contributed by atoms with E-state index in [0.29, 0.717) is 6.61 Å². The minimum Gasteiger partial charge on any atom is -0.464 e. The van der Waals surface area contributed by atoms with Gasteiger partial charge in [-0.05, 0) is 12.8 Å². The predicted molar refractivity (Wildman–Crippen MR) is 46.1 cm³/mol. The molecule has 1 spiro atoms. The third kappa shape index (κ3) is 1.47. The second-order valence-electron chi connectivity index (χ2n) is 4.10. The van der Waals surface area contributed by atoms with Gasteiger partial charge in [0.25, 0.3) is 0 Å². The van der Waals surface area contributed by atoms with Crippen LogP contribution < -0.4 is 0 Å². The molecule has 0 amide bonds. The first-order valence-electron chi connectivity index (χ1n) is 4.92. The van der Waals surface area contributed by atoms with E-state index in [9.17, 15) is 9.59 Å². The summed E-state index contributed by atoms with van der Waals surface area (Å²) in [6.45, 7) is 0.338. The Bertz CT molecular complexity index is 239. The quantitative estimate of drug-likeness (QED) is 0.420. The SMILES string of the molecule is O=C1CC(=O)C2(CCCCC2)CO1. The van der Waals surface area contributed by atoms with E-state index in [-0.39, 0.29) is 23.6 Å². The van der Waals surface area contributed by atoms with Gasteiger partial charge >= 0.3 is 5.97 Å². The van der Waals surface area contributed by atoms with Crippen LogP contribution in [0, 0.1) is 5.41 Å². The highest BCUT2D eigenvalue weighted by atomic mass is 16.5. The van der Waals surface area contributed by atoms with Crippen molar-refractivity contribution in [3.63, 3.8) is 0 Å². The maximum absolute atomic E-state index is 11.7. The van der Waals surface area contributed by atoms with Gasteiger partial charge in [-0.25, -0.2) is 0 Å². The molecule has 0 atom stereocenters. The molecule has 1 aliphatic carbocycles. The minimum absolute atomic E-state index is 0.000000000000000444. The number of carbonyl (C=O) groups is 2. The molecule has 1 saturated heterocycles. The average molecular weight is 182 g/mol. The summed E-state index contributed by atoms with van der Waals surface area (Å²) in [7, 11) is 0. The van der Waals surface area contributed by atoms with Crippen LogP contribution in [0.15, 0.2) is 0 Å². The molecule has 1 saturated carbocycles. The fourth-order valence-corrected chi connectivity index (χ4v) is 2.32. The summed E-state index contributed by atoms with van der Waals surface area (Å²) in [5.41, 5.74) is -0.286. The van der Waals surface area contributed by atoms with Crippen molar-refractivity contribution in [3.8, 4) is 0 Å². The maximum Gasteiger partial charge on any atom is 0.313 e. The summed E-state index contributed by atoms with van der Waals surface area (Å²) in [5, 5.41) is 0. The van der Waals surface area contributed by atoms with Crippen LogP contribution in [0.4, 0.5) is 0 Å². The highest BCUT2D eigenvalue weighted by Gasteiger charge is 2.44. The number of ether oxygens (including phenoxy) is 1. The Kier molecular flexibility index (Phi) is 2.10. The van der Waals surface area contributed by atoms with Gasteiger partial charge in [-0.1, -0.05) is 19.3 Å². The number of hydrogen-bond donors (Lipinski definition) is 0. The average Bonchev–Trinajstić information content (AvgIpc) is 2.14. The van der Waals surface area contributed by atoms with E-state index >= 15 is 0 Å². The Balaban J connectivity index is 2.12. The van der Waals surface area contributed by atoms with Gasteiger partial charge in [0.15, 0.2) is 5.78 Å². The molecule has 3 nitrogen and oxygen atoms in total. The summed E-state index contributed by atoms with van der Waals surface area (Å²) in [4.78, 5) is 22.5. The minimum atomic E-state index is -0.346. The van der Waals surface area contributed by atoms with Gasteiger partial charge in [-0.2, -0.15) is 0 Å². The molecule has 2 rings (SSSR count). The fourth-order valence-electron chi connectivity index (χ4n) is 2.32. The number of esters is 1. The summed E-state index contributed by atoms with van der Waals surface area (Å²) in [5.74, 6) is -0.232. The van der Waals surface area contributed by atoms with Crippen molar-refractivity contribution in [2.24, 2.45) is 5.41 Å². The molecule has 0 aromatic rings. The molecule has 2 aliphatic rings. The molecular weight excluding hydrogens is 168 g/mol. The van der Waals surface area contributed by atoms with Crippen molar-refractivity contribution < 1.29 is 14.3 Å². The Morgan fingerprint density at radius 3 is 2.38 bits per heavy atom. The summed E-state index contributed by atoms with van der Waals surface area (Å²) < 4.78 is 4.98. The fraction of sp³-hybridized carbons (Fsp3) is 0.800. The topological polar surface area (TPSA) is 43.4 Å². The number of hydrogen-bond acceptors (Lipinski definition) is 3. The molecule has 0 unspecified atom stereocenters. The highest BCUT2D eigenvalue weighted by molar-refractivity contribution is 6.00. The summed E-state index contributed by atoms with van der Waals surface area (Å²) in [6, 6.07) is 0. The molecule has 2 fully saturated rings. The first kappa shape index (κ1) is 8.73. The second kappa shape index (κ2) is 3.13. The van der Waals surface area contributed by atoms with E-state index in [1.165, 1.54) is 6.42 Å². The molecule has 3 heteroatoms. The van der Waals surface area contributed by atoms with E-state index in [4.69, 9.17) is 4.74 Å². The van der Waals surface area contributed by atoms with Gasteiger partial charge in [0.2, 0.25) is 0 Å². The smallest absolute Gasteiger partial charge is 0.313 e. The lowest BCUT2D eigenvalue weighted by molar-refractivity contribution is -0.163. The predicted octanol–water partition coefficient (Wildman–Crippen LogP) is 1.45. The number of rotatable bonds is 0. The molecule has 0 bridgehead atoms. The van der Waals surface area contributed by atoms with E-state index in [1.807, 2.05) is 0 Å². The largest absolute Gasteiger partial charge is 0.464 e. The van der Waals surface area contributed by atoms with Crippen molar-refractivity contribution in [1.29, 1.82) is 0 Å². The highest BCUT2D eigenvalue weighted by Crippen LogP contribution is 2.40. The Labute approximate surface area is 77.4 Å². The zero-order valence-corrected chi connectivity index (χ0v) is 7.67. The van der Waals surface area contributed by atoms with Crippen molar-refractivity contribution in [2.75, 3.05) is 6.61 Å². The standard InChI is InChI=1S/C10H14O3/c11-8-6-9(12)13-7-10(8)4-2-1-3-5-10/h1-7H2.